The molecule has 3 rings (SSSR count). The van der Waals surface area contributed by atoms with Gasteiger partial charge < -0.3 is 15.8 Å². The van der Waals surface area contributed by atoms with E-state index in [0.717, 1.165) is 28.5 Å². The van der Waals surface area contributed by atoms with Crippen LogP contribution >= 0.6 is 0 Å². The Balaban J connectivity index is 1.88. The van der Waals surface area contributed by atoms with Crippen LogP contribution in [0.3, 0.4) is 0 Å². The number of ether oxygens (including phenoxy) is 1. The van der Waals surface area contributed by atoms with Crippen molar-refractivity contribution in [3.63, 3.8) is 0 Å². The van der Waals surface area contributed by atoms with Gasteiger partial charge in [-0.2, -0.15) is 5.10 Å². The lowest BCUT2D eigenvalue weighted by Crippen LogP contribution is -2.10. The zero-order valence-electron chi connectivity index (χ0n) is 11.8. The van der Waals surface area contributed by atoms with Gasteiger partial charge in [-0.25, -0.2) is 9.50 Å². The van der Waals surface area contributed by atoms with Gasteiger partial charge in [0.05, 0.1) is 5.69 Å². The molecule has 108 valence electrons. The summed E-state index contributed by atoms with van der Waals surface area (Å²) in [6, 6.07) is 9.70. The SMILES string of the molecule is Cc1cc2c(Nc3cccc(OCCN)c3)nccn2n1. The molecule has 2 aromatic heterocycles. The maximum absolute atomic E-state index is 5.52. The van der Waals surface area contributed by atoms with E-state index in [9.17, 15) is 0 Å². The van der Waals surface area contributed by atoms with Crippen LogP contribution < -0.4 is 15.8 Å². The first-order valence-electron chi connectivity index (χ1n) is 6.77. The third-order valence-corrected chi connectivity index (χ3v) is 3.00. The lowest BCUT2D eigenvalue weighted by molar-refractivity contribution is 0.328. The molecule has 0 aliphatic heterocycles. The molecule has 0 saturated heterocycles. The van der Waals surface area contributed by atoms with Gasteiger partial charge in [0.25, 0.3) is 0 Å². The van der Waals surface area contributed by atoms with Crippen LogP contribution in [0.1, 0.15) is 5.69 Å². The molecule has 3 aromatic rings. The Morgan fingerprint density at radius 2 is 2.24 bits per heavy atom. The summed E-state index contributed by atoms with van der Waals surface area (Å²) >= 11 is 0. The standard InChI is InChI=1S/C15H17N5O/c1-11-9-14-15(17-6-7-20(14)19-11)18-12-3-2-4-13(10-12)21-8-5-16/h2-4,6-7,9-10H,5,8,16H2,1H3,(H,17,18). The molecular formula is C15H17N5O. The molecule has 0 bridgehead atoms. The van der Waals surface area contributed by atoms with Crippen molar-refractivity contribution in [3.05, 3.63) is 48.4 Å². The Morgan fingerprint density at radius 1 is 1.33 bits per heavy atom. The summed E-state index contributed by atoms with van der Waals surface area (Å²) in [7, 11) is 0. The van der Waals surface area contributed by atoms with Gasteiger partial charge in [0.1, 0.15) is 17.9 Å². The molecule has 0 radical (unpaired) electrons. The summed E-state index contributed by atoms with van der Waals surface area (Å²) in [6.07, 6.45) is 3.55. The molecule has 3 N–H and O–H groups in total. The average molecular weight is 283 g/mol. The Hall–Kier alpha value is -2.60. The Bertz CT molecular complexity index is 753. The number of rotatable bonds is 5. The number of hydrogen-bond acceptors (Lipinski definition) is 5. The normalized spacial score (nSPS) is 10.8. The number of nitrogens with zero attached hydrogens (tertiary/aromatic N) is 3. The number of nitrogens with one attached hydrogen (secondary N) is 1. The molecule has 0 aliphatic carbocycles. The molecule has 0 fully saturated rings. The van der Waals surface area contributed by atoms with Crippen LogP contribution in [-0.4, -0.2) is 27.7 Å². The third kappa shape index (κ3) is 2.95. The van der Waals surface area contributed by atoms with E-state index < -0.39 is 0 Å². The molecule has 2 heterocycles. The largest absolute Gasteiger partial charge is 0.492 e. The molecule has 0 aliphatic rings. The number of benzene rings is 1. The maximum Gasteiger partial charge on any atom is 0.156 e. The molecular weight excluding hydrogens is 266 g/mol. The molecule has 0 unspecified atom stereocenters. The Labute approximate surface area is 122 Å². The van der Waals surface area contributed by atoms with E-state index in [1.54, 1.807) is 10.7 Å². The van der Waals surface area contributed by atoms with E-state index in [1.165, 1.54) is 0 Å². The molecule has 0 atom stereocenters. The number of nitrogens with two attached hydrogens (primary N) is 1. The average Bonchev–Trinajstić information content (AvgIpc) is 2.87. The molecule has 6 heteroatoms. The third-order valence-electron chi connectivity index (χ3n) is 3.00. The van der Waals surface area contributed by atoms with Gasteiger partial charge in [0.15, 0.2) is 5.82 Å². The fraction of sp³-hybridized carbons (Fsp3) is 0.200. The second-order valence-corrected chi connectivity index (χ2v) is 4.68. The first-order chi connectivity index (χ1) is 10.3. The van der Waals surface area contributed by atoms with Crippen molar-refractivity contribution >= 4 is 17.0 Å². The minimum Gasteiger partial charge on any atom is -0.492 e. The monoisotopic (exact) mass is 283 g/mol. The van der Waals surface area contributed by atoms with Crippen molar-refractivity contribution in [2.45, 2.75) is 6.92 Å². The van der Waals surface area contributed by atoms with Crippen molar-refractivity contribution in [3.8, 4) is 5.75 Å². The van der Waals surface area contributed by atoms with E-state index in [-0.39, 0.29) is 0 Å². The summed E-state index contributed by atoms with van der Waals surface area (Å²) in [4.78, 5) is 4.37. The van der Waals surface area contributed by atoms with Crippen molar-refractivity contribution in [2.24, 2.45) is 5.73 Å². The van der Waals surface area contributed by atoms with Crippen molar-refractivity contribution < 1.29 is 4.74 Å². The van der Waals surface area contributed by atoms with E-state index in [4.69, 9.17) is 10.5 Å². The fourth-order valence-corrected chi connectivity index (χ4v) is 2.12. The highest BCUT2D eigenvalue weighted by atomic mass is 16.5. The maximum atomic E-state index is 5.52. The van der Waals surface area contributed by atoms with Gasteiger partial charge in [-0.05, 0) is 25.1 Å². The number of anilines is 2. The lowest BCUT2D eigenvalue weighted by atomic mass is 10.3. The van der Waals surface area contributed by atoms with Crippen LogP contribution in [0.2, 0.25) is 0 Å². The minimum absolute atomic E-state index is 0.494. The van der Waals surface area contributed by atoms with Crippen molar-refractivity contribution in [1.29, 1.82) is 0 Å². The second kappa shape index (κ2) is 5.80. The molecule has 6 nitrogen and oxygen atoms in total. The lowest BCUT2D eigenvalue weighted by Gasteiger charge is -2.09. The van der Waals surface area contributed by atoms with E-state index in [1.807, 2.05) is 43.5 Å². The summed E-state index contributed by atoms with van der Waals surface area (Å²) in [5.41, 5.74) is 8.23. The quantitative estimate of drug-likeness (QED) is 0.750. The predicted octanol–water partition coefficient (Wildman–Crippen LogP) is 2.12. The van der Waals surface area contributed by atoms with Gasteiger partial charge in [0, 0.05) is 30.7 Å². The topological polar surface area (TPSA) is 77.5 Å². The van der Waals surface area contributed by atoms with Crippen LogP contribution in [0.4, 0.5) is 11.5 Å². The van der Waals surface area contributed by atoms with Gasteiger partial charge in [-0.1, -0.05) is 6.07 Å². The molecule has 1 aromatic carbocycles. The van der Waals surface area contributed by atoms with Gasteiger partial charge in [-0.15, -0.1) is 0 Å². The van der Waals surface area contributed by atoms with Crippen molar-refractivity contribution in [1.82, 2.24) is 14.6 Å². The Morgan fingerprint density at radius 3 is 3.10 bits per heavy atom. The zero-order valence-corrected chi connectivity index (χ0v) is 11.8. The zero-order chi connectivity index (χ0) is 14.7. The molecule has 0 saturated carbocycles. The first kappa shape index (κ1) is 13.4. The molecule has 0 amide bonds. The molecule has 0 spiro atoms. The van der Waals surface area contributed by atoms with E-state index >= 15 is 0 Å². The van der Waals surface area contributed by atoms with Gasteiger partial charge in [-0.3, -0.25) is 0 Å². The highest BCUT2D eigenvalue weighted by molar-refractivity contribution is 5.73. The number of fused-ring (bicyclic) bond motifs is 1. The van der Waals surface area contributed by atoms with Crippen molar-refractivity contribution in [2.75, 3.05) is 18.5 Å². The first-order valence-corrected chi connectivity index (χ1v) is 6.77. The summed E-state index contributed by atoms with van der Waals surface area (Å²) < 4.78 is 7.33. The predicted molar refractivity (Wildman–Crippen MR) is 82.0 cm³/mol. The highest BCUT2D eigenvalue weighted by Crippen LogP contribution is 2.23. The van der Waals surface area contributed by atoms with E-state index in [0.29, 0.717) is 13.2 Å². The van der Waals surface area contributed by atoms with Crippen LogP contribution in [-0.2, 0) is 0 Å². The summed E-state index contributed by atoms with van der Waals surface area (Å²) in [6.45, 7) is 2.95. The van der Waals surface area contributed by atoms with Crippen LogP contribution in [0.5, 0.6) is 5.75 Å². The molecule has 21 heavy (non-hydrogen) atoms. The second-order valence-electron chi connectivity index (χ2n) is 4.68. The van der Waals surface area contributed by atoms with E-state index in [2.05, 4.69) is 15.4 Å². The van der Waals surface area contributed by atoms with Crippen LogP contribution in [0.25, 0.3) is 5.52 Å². The number of aryl methyl sites for hydroxylation is 1. The number of aromatic nitrogens is 3. The van der Waals surface area contributed by atoms with Crippen LogP contribution in [0.15, 0.2) is 42.7 Å². The minimum atomic E-state index is 0.494. The summed E-state index contributed by atoms with van der Waals surface area (Å²) in [5.74, 6) is 1.54. The highest BCUT2D eigenvalue weighted by Gasteiger charge is 2.06. The Kier molecular flexibility index (Phi) is 3.70. The van der Waals surface area contributed by atoms with Crippen LogP contribution in [0, 0.1) is 6.92 Å². The fourth-order valence-electron chi connectivity index (χ4n) is 2.12. The smallest absolute Gasteiger partial charge is 0.156 e. The van der Waals surface area contributed by atoms with Gasteiger partial charge in [0.2, 0.25) is 0 Å². The van der Waals surface area contributed by atoms with Gasteiger partial charge >= 0.3 is 0 Å². The number of hydrogen-bond donors (Lipinski definition) is 2. The summed E-state index contributed by atoms with van der Waals surface area (Å²) in [5, 5.41) is 7.67.